The fraction of sp³-hybridized carbons (Fsp3) is 0.0400. The average molecular weight is 352 g/mol. The molecule has 0 atom stereocenters. The van der Waals surface area contributed by atoms with Crippen LogP contribution in [0.15, 0.2) is 109 Å². The van der Waals surface area contributed by atoms with Gasteiger partial charge in [-0.3, -0.25) is 0 Å². The van der Waals surface area contributed by atoms with E-state index in [1.165, 1.54) is 5.56 Å². The van der Waals surface area contributed by atoms with Gasteiger partial charge >= 0.3 is 0 Å². The average Bonchev–Trinajstić information content (AvgIpc) is 2.72. The zero-order valence-corrected chi connectivity index (χ0v) is 14.9. The van der Waals surface area contributed by atoms with E-state index in [1.807, 2.05) is 78.9 Å². The zero-order chi connectivity index (χ0) is 18.3. The molecule has 0 N–H and O–H groups in total. The van der Waals surface area contributed by atoms with Crippen LogP contribution in [0.5, 0.6) is 23.0 Å². The molecule has 4 aromatic rings. The zero-order valence-electron chi connectivity index (χ0n) is 14.9. The van der Waals surface area contributed by atoms with Gasteiger partial charge < -0.3 is 9.47 Å². The molecular weight excluding hydrogens is 332 g/mol. The van der Waals surface area contributed by atoms with Crippen LogP contribution in [0.3, 0.4) is 0 Å². The predicted molar refractivity (Wildman–Crippen MR) is 109 cm³/mol. The predicted octanol–water partition coefficient (Wildman–Crippen LogP) is 6.86. The quantitative estimate of drug-likeness (QED) is 0.377. The molecule has 0 amide bonds. The van der Waals surface area contributed by atoms with Gasteiger partial charge in [0.05, 0.1) is 0 Å². The Hall–Kier alpha value is -3.52. The van der Waals surface area contributed by atoms with Crippen molar-refractivity contribution in [1.29, 1.82) is 0 Å². The minimum absolute atomic E-state index is 0.773. The molecule has 2 heteroatoms. The van der Waals surface area contributed by atoms with Crippen molar-refractivity contribution in [2.45, 2.75) is 6.42 Å². The van der Waals surface area contributed by atoms with E-state index in [2.05, 4.69) is 30.3 Å². The van der Waals surface area contributed by atoms with Gasteiger partial charge in [-0.15, -0.1) is 0 Å². The second kappa shape index (κ2) is 8.24. The maximum Gasteiger partial charge on any atom is 0.131 e. The molecule has 132 valence electrons. The maximum absolute atomic E-state index is 6.13. The molecule has 0 heterocycles. The van der Waals surface area contributed by atoms with Crippen LogP contribution in [0.25, 0.3) is 0 Å². The molecule has 0 spiro atoms. The van der Waals surface area contributed by atoms with E-state index < -0.39 is 0 Å². The third-order valence-electron chi connectivity index (χ3n) is 4.22. The van der Waals surface area contributed by atoms with Crippen molar-refractivity contribution < 1.29 is 9.47 Å². The van der Waals surface area contributed by atoms with Crippen LogP contribution in [0.1, 0.15) is 11.1 Å². The van der Waals surface area contributed by atoms with Crippen molar-refractivity contribution in [1.82, 2.24) is 0 Å². The molecule has 0 aliphatic heterocycles. The minimum Gasteiger partial charge on any atom is -0.457 e. The molecule has 27 heavy (non-hydrogen) atoms. The molecule has 0 unspecified atom stereocenters. The number of para-hydroxylation sites is 2. The largest absolute Gasteiger partial charge is 0.457 e. The van der Waals surface area contributed by atoms with Crippen molar-refractivity contribution in [3.05, 3.63) is 120 Å². The van der Waals surface area contributed by atoms with E-state index in [0.29, 0.717) is 0 Å². The lowest BCUT2D eigenvalue weighted by Gasteiger charge is -2.14. The number of hydrogen-bond donors (Lipinski definition) is 0. The lowest BCUT2D eigenvalue weighted by Crippen LogP contribution is -1.95. The van der Waals surface area contributed by atoms with Gasteiger partial charge in [0.2, 0.25) is 0 Å². The highest BCUT2D eigenvalue weighted by Crippen LogP contribution is 2.32. The van der Waals surface area contributed by atoms with Crippen molar-refractivity contribution in [3.63, 3.8) is 0 Å². The summed E-state index contributed by atoms with van der Waals surface area (Å²) in [7, 11) is 0. The summed E-state index contributed by atoms with van der Waals surface area (Å²) in [6, 6.07) is 36.0. The molecule has 0 aliphatic carbocycles. The first-order chi connectivity index (χ1) is 13.4. The van der Waals surface area contributed by atoms with Gasteiger partial charge in [-0.05, 0) is 48.0 Å². The molecule has 0 saturated carbocycles. The van der Waals surface area contributed by atoms with Crippen LogP contribution < -0.4 is 9.47 Å². The SMILES string of the molecule is c1ccc(Cc2cc(Oc3ccccc3)ccc2Oc2ccccc2)cc1. The first kappa shape index (κ1) is 16.9. The highest BCUT2D eigenvalue weighted by molar-refractivity contribution is 5.46. The monoisotopic (exact) mass is 352 g/mol. The van der Waals surface area contributed by atoms with Gasteiger partial charge in [-0.25, -0.2) is 0 Å². The van der Waals surface area contributed by atoms with Crippen molar-refractivity contribution >= 4 is 0 Å². The van der Waals surface area contributed by atoms with Gasteiger partial charge in [0.25, 0.3) is 0 Å². The normalized spacial score (nSPS) is 10.4. The molecule has 0 saturated heterocycles. The van der Waals surface area contributed by atoms with Crippen LogP contribution in [0.2, 0.25) is 0 Å². The van der Waals surface area contributed by atoms with Crippen LogP contribution in [-0.2, 0) is 6.42 Å². The summed E-state index contributed by atoms with van der Waals surface area (Å²) in [6.45, 7) is 0. The topological polar surface area (TPSA) is 18.5 Å². The Kier molecular flexibility index (Phi) is 5.16. The molecule has 0 aromatic heterocycles. The van der Waals surface area contributed by atoms with E-state index in [1.54, 1.807) is 0 Å². The smallest absolute Gasteiger partial charge is 0.131 e. The first-order valence-electron chi connectivity index (χ1n) is 8.99. The second-order valence-corrected chi connectivity index (χ2v) is 6.26. The summed E-state index contributed by atoms with van der Waals surface area (Å²) < 4.78 is 12.1. The molecule has 0 fully saturated rings. The molecule has 0 bridgehead atoms. The molecule has 4 rings (SSSR count). The molecule has 4 aromatic carbocycles. The van der Waals surface area contributed by atoms with Crippen LogP contribution >= 0.6 is 0 Å². The van der Waals surface area contributed by atoms with Crippen molar-refractivity contribution in [2.24, 2.45) is 0 Å². The highest BCUT2D eigenvalue weighted by Gasteiger charge is 2.09. The molecular formula is C25H20O2. The summed E-state index contributed by atoms with van der Waals surface area (Å²) in [5.41, 5.74) is 2.31. The standard InChI is InChI=1S/C25H20O2/c1-4-10-20(11-5-1)18-21-19-24(26-22-12-6-2-7-13-22)16-17-25(21)27-23-14-8-3-9-15-23/h1-17,19H,18H2. The van der Waals surface area contributed by atoms with Crippen LogP contribution in [-0.4, -0.2) is 0 Å². The number of hydrogen-bond acceptors (Lipinski definition) is 2. The van der Waals surface area contributed by atoms with Gasteiger partial charge in [0.15, 0.2) is 0 Å². The Morgan fingerprint density at radius 1 is 0.481 bits per heavy atom. The molecule has 2 nitrogen and oxygen atoms in total. The summed E-state index contributed by atoms with van der Waals surface area (Å²) in [6.07, 6.45) is 0.773. The Balaban J connectivity index is 1.65. The summed E-state index contributed by atoms with van der Waals surface area (Å²) in [5, 5.41) is 0. The van der Waals surface area contributed by atoms with Gasteiger partial charge in [0.1, 0.15) is 23.0 Å². The number of ether oxygens (including phenoxy) is 2. The number of benzene rings is 4. The Morgan fingerprint density at radius 2 is 1.04 bits per heavy atom. The number of rotatable bonds is 6. The van der Waals surface area contributed by atoms with Crippen LogP contribution in [0, 0.1) is 0 Å². The Labute approximate surface area is 159 Å². The van der Waals surface area contributed by atoms with E-state index >= 15 is 0 Å². The summed E-state index contributed by atoms with van der Waals surface area (Å²) in [5.74, 6) is 3.28. The summed E-state index contributed by atoms with van der Waals surface area (Å²) in [4.78, 5) is 0. The Morgan fingerprint density at radius 3 is 1.67 bits per heavy atom. The fourth-order valence-corrected chi connectivity index (χ4v) is 2.91. The Bertz CT molecular complexity index is 980. The third-order valence-corrected chi connectivity index (χ3v) is 4.22. The van der Waals surface area contributed by atoms with E-state index in [4.69, 9.17) is 9.47 Å². The van der Waals surface area contributed by atoms with Gasteiger partial charge in [0, 0.05) is 12.0 Å². The molecule has 0 radical (unpaired) electrons. The first-order valence-corrected chi connectivity index (χ1v) is 8.99. The minimum atomic E-state index is 0.773. The summed E-state index contributed by atoms with van der Waals surface area (Å²) >= 11 is 0. The van der Waals surface area contributed by atoms with Crippen molar-refractivity contribution in [2.75, 3.05) is 0 Å². The van der Waals surface area contributed by atoms with E-state index in [0.717, 1.165) is 35.0 Å². The maximum atomic E-state index is 6.13. The van der Waals surface area contributed by atoms with Crippen LogP contribution in [0.4, 0.5) is 0 Å². The van der Waals surface area contributed by atoms with E-state index in [-0.39, 0.29) is 0 Å². The third kappa shape index (κ3) is 4.56. The second-order valence-electron chi connectivity index (χ2n) is 6.26. The fourth-order valence-electron chi connectivity index (χ4n) is 2.91. The van der Waals surface area contributed by atoms with Crippen molar-refractivity contribution in [3.8, 4) is 23.0 Å². The molecule has 0 aliphatic rings. The van der Waals surface area contributed by atoms with Gasteiger partial charge in [-0.1, -0.05) is 66.7 Å². The lowest BCUT2D eigenvalue weighted by molar-refractivity contribution is 0.465. The van der Waals surface area contributed by atoms with Gasteiger partial charge in [-0.2, -0.15) is 0 Å². The highest BCUT2D eigenvalue weighted by atomic mass is 16.5. The van der Waals surface area contributed by atoms with E-state index in [9.17, 15) is 0 Å². The lowest BCUT2D eigenvalue weighted by atomic mass is 10.0.